The zero-order valence-electron chi connectivity index (χ0n) is 24.7. The van der Waals surface area contributed by atoms with Crippen LogP contribution in [0.3, 0.4) is 0 Å². The van der Waals surface area contributed by atoms with Gasteiger partial charge in [-0.2, -0.15) is 0 Å². The van der Waals surface area contributed by atoms with E-state index in [4.69, 9.17) is 0 Å². The van der Waals surface area contributed by atoms with Gasteiger partial charge in [-0.25, -0.2) is 0 Å². The fraction of sp³-hybridized carbons (Fsp3) is 0.333. The van der Waals surface area contributed by atoms with Crippen LogP contribution in [0, 0.1) is 17.0 Å². The third kappa shape index (κ3) is 5.07. The second-order valence-electron chi connectivity index (χ2n) is 11.6. The van der Waals surface area contributed by atoms with Crippen molar-refractivity contribution < 1.29 is 24.1 Å². The average molecular weight is 596 g/mol. The first-order valence-electron chi connectivity index (χ1n) is 14.8. The van der Waals surface area contributed by atoms with E-state index in [2.05, 4.69) is 5.32 Å². The molecule has 44 heavy (non-hydrogen) atoms. The molecule has 1 N–H and O–H groups in total. The molecule has 0 spiro atoms. The highest BCUT2D eigenvalue weighted by Crippen LogP contribution is 2.40. The lowest BCUT2D eigenvalue weighted by Crippen LogP contribution is -2.46. The van der Waals surface area contributed by atoms with Crippen LogP contribution in [-0.4, -0.2) is 89.6 Å². The molecule has 4 amide bonds. The molecule has 0 fully saturated rings. The van der Waals surface area contributed by atoms with Gasteiger partial charge in [-0.1, -0.05) is 30.3 Å². The molecule has 1 aliphatic carbocycles. The summed E-state index contributed by atoms with van der Waals surface area (Å²) in [6.07, 6.45) is 3.81. The first-order chi connectivity index (χ1) is 21.2. The van der Waals surface area contributed by atoms with E-state index >= 15 is 0 Å². The maximum Gasteiger partial charge on any atom is 0.282 e. The number of likely N-dealkylation sites (N-methyl/N-ethyl adjacent to an activating group) is 1. The molecule has 2 heterocycles. The van der Waals surface area contributed by atoms with Crippen LogP contribution in [0.4, 0.5) is 5.69 Å². The molecule has 0 aromatic heterocycles. The Kier molecular flexibility index (Phi) is 7.83. The number of hydrogen-bond acceptors (Lipinski definition) is 8. The summed E-state index contributed by atoms with van der Waals surface area (Å²) in [5, 5.41) is 16.6. The fourth-order valence-electron chi connectivity index (χ4n) is 6.45. The van der Waals surface area contributed by atoms with E-state index in [-0.39, 0.29) is 36.2 Å². The molecule has 0 saturated carbocycles. The number of hydrogen-bond donors (Lipinski definition) is 1. The van der Waals surface area contributed by atoms with Crippen molar-refractivity contribution in [3.8, 4) is 0 Å². The normalized spacial score (nSPS) is 15.8. The minimum Gasteiger partial charge on any atom is -0.315 e. The van der Waals surface area contributed by atoms with E-state index in [9.17, 15) is 29.3 Å². The van der Waals surface area contributed by atoms with E-state index in [1.165, 1.54) is 11.0 Å². The van der Waals surface area contributed by atoms with Gasteiger partial charge in [0.25, 0.3) is 29.3 Å². The van der Waals surface area contributed by atoms with Crippen molar-refractivity contribution in [3.05, 3.63) is 92.0 Å². The van der Waals surface area contributed by atoms with E-state index in [1.807, 2.05) is 43.1 Å². The summed E-state index contributed by atoms with van der Waals surface area (Å²) in [7, 11) is 1.89. The number of amides is 4. The Morgan fingerprint density at radius 1 is 0.886 bits per heavy atom. The first kappa shape index (κ1) is 29.3. The number of rotatable bonds is 11. The highest BCUT2D eigenvalue weighted by Gasteiger charge is 2.41. The number of imide groups is 2. The highest BCUT2D eigenvalue weighted by molar-refractivity contribution is 6.32. The Morgan fingerprint density at radius 2 is 1.66 bits per heavy atom. The fourth-order valence-corrected chi connectivity index (χ4v) is 6.45. The minimum absolute atomic E-state index is 0.00544. The quantitative estimate of drug-likeness (QED) is 0.154. The van der Waals surface area contributed by atoms with Crippen LogP contribution in [0.1, 0.15) is 60.6 Å². The molecule has 2 aliphatic heterocycles. The van der Waals surface area contributed by atoms with Gasteiger partial charge < -0.3 is 10.2 Å². The van der Waals surface area contributed by atoms with Gasteiger partial charge in [0.05, 0.1) is 4.92 Å². The van der Waals surface area contributed by atoms with Gasteiger partial charge >= 0.3 is 0 Å². The van der Waals surface area contributed by atoms with E-state index in [0.717, 1.165) is 33.2 Å². The number of nitro benzene ring substituents is 1. The summed E-state index contributed by atoms with van der Waals surface area (Å²) in [6, 6.07) is 12.3. The average Bonchev–Trinajstić information content (AvgIpc) is 3.00. The summed E-state index contributed by atoms with van der Waals surface area (Å²) in [5.41, 5.74) is 3.38. The van der Waals surface area contributed by atoms with Gasteiger partial charge in [0.15, 0.2) is 0 Å². The van der Waals surface area contributed by atoms with Crippen LogP contribution in [0.25, 0.3) is 16.3 Å². The number of carbonyl (C=O) groups excluding carboxylic acids is 4. The summed E-state index contributed by atoms with van der Waals surface area (Å²) in [6.45, 7) is 4.48. The van der Waals surface area contributed by atoms with E-state index in [0.29, 0.717) is 61.3 Å². The zero-order valence-corrected chi connectivity index (χ0v) is 24.7. The zero-order chi connectivity index (χ0) is 31.1. The molecule has 226 valence electrons. The molecule has 6 rings (SSSR count). The minimum atomic E-state index is -0.622. The van der Waals surface area contributed by atoms with E-state index in [1.54, 1.807) is 18.2 Å². The number of nitrogens with zero attached hydrogens (tertiary/aromatic N) is 4. The molecule has 3 aromatic rings. The van der Waals surface area contributed by atoms with Crippen molar-refractivity contribution in [2.24, 2.45) is 0 Å². The summed E-state index contributed by atoms with van der Waals surface area (Å²) in [5.74, 6) is -1.59. The second-order valence-corrected chi connectivity index (χ2v) is 11.6. The lowest BCUT2D eigenvalue weighted by molar-refractivity contribution is -0.385. The molecule has 11 heteroatoms. The van der Waals surface area contributed by atoms with Crippen molar-refractivity contribution in [1.29, 1.82) is 0 Å². The Morgan fingerprint density at radius 3 is 2.45 bits per heavy atom. The summed E-state index contributed by atoms with van der Waals surface area (Å²) in [4.78, 5) is 68.4. The molecule has 3 aliphatic rings. The molecule has 11 nitrogen and oxygen atoms in total. The predicted molar refractivity (Wildman–Crippen MR) is 164 cm³/mol. The maximum absolute atomic E-state index is 13.3. The number of benzene rings is 3. The van der Waals surface area contributed by atoms with Gasteiger partial charge in [-0.05, 0) is 75.0 Å². The number of nitro groups is 1. The van der Waals surface area contributed by atoms with E-state index < -0.39 is 16.7 Å². The summed E-state index contributed by atoms with van der Waals surface area (Å²) >= 11 is 0. The molecular formula is C33H33N5O6. The molecule has 0 atom stereocenters. The first-order valence-corrected chi connectivity index (χ1v) is 14.8. The van der Waals surface area contributed by atoms with Crippen LogP contribution >= 0.6 is 0 Å². The van der Waals surface area contributed by atoms with Crippen LogP contribution in [-0.2, 0) is 11.2 Å². The topological polar surface area (TPSA) is 133 Å². The van der Waals surface area contributed by atoms with Crippen LogP contribution in [0.5, 0.6) is 0 Å². The number of carbonyl (C=O) groups is 4. The number of allylic oxidation sites excluding steroid dienone is 1. The predicted octanol–water partition coefficient (Wildman–Crippen LogP) is 3.58. The third-order valence-electron chi connectivity index (χ3n) is 8.62. The standard InChI is InChI=1S/C33H33N5O6/c1-20-18-22-7-4-8-23-27(22)25(19-20)32(41)36(30(23)39)15-13-34-12-5-14-35(2)16-17-37-31(40)24-9-3-6-21-10-11-26(38(43)44)29(28(21)24)33(37)42/h4,7-11,18-19,34H,3,5-6,12-17H2,1-2H3. The molecule has 0 bridgehead atoms. The Labute approximate surface area is 254 Å². The smallest absolute Gasteiger partial charge is 0.282 e. The SMILES string of the molecule is Cc1cc2c3c(cccc3c1)C(=O)N(CCNCCCN(C)CCN1C(=O)C3=CCCc4ccc([N+](=O)[O-])c(c43)C1=O)C2=O. The monoisotopic (exact) mass is 595 g/mol. The number of nitrogens with one attached hydrogen (secondary N) is 1. The lowest BCUT2D eigenvalue weighted by atomic mass is 9.83. The van der Waals surface area contributed by atoms with Gasteiger partial charge in [0, 0.05) is 59.9 Å². The van der Waals surface area contributed by atoms with Crippen molar-refractivity contribution >= 4 is 45.7 Å². The Balaban J connectivity index is 0.993. The van der Waals surface area contributed by atoms with Crippen LogP contribution in [0.15, 0.2) is 48.5 Å². The third-order valence-corrected chi connectivity index (χ3v) is 8.62. The molecule has 0 saturated heterocycles. The Hall–Kier alpha value is -4.74. The van der Waals surface area contributed by atoms with Gasteiger partial charge in [0.1, 0.15) is 5.56 Å². The molecule has 0 radical (unpaired) electrons. The van der Waals surface area contributed by atoms with Crippen molar-refractivity contribution in [2.75, 3.05) is 46.3 Å². The lowest BCUT2D eigenvalue weighted by Gasteiger charge is -2.32. The van der Waals surface area contributed by atoms with Crippen LogP contribution < -0.4 is 5.32 Å². The van der Waals surface area contributed by atoms with Crippen molar-refractivity contribution in [1.82, 2.24) is 20.0 Å². The van der Waals surface area contributed by atoms with Crippen molar-refractivity contribution in [2.45, 2.75) is 26.2 Å². The van der Waals surface area contributed by atoms with Crippen molar-refractivity contribution in [3.63, 3.8) is 0 Å². The molecule has 0 unspecified atom stereocenters. The summed E-state index contributed by atoms with van der Waals surface area (Å²) < 4.78 is 0. The Bertz CT molecular complexity index is 1780. The molecule has 3 aromatic carbocycles. The van der Waals surface area contributed by atoms with Gasteiger partial charge in [-0.15, -0.1) is 0 Å². The highest BCUT2D eigenvalue weighted by atomic mass is 16.6. The molecular weight excluding hydrogens is 562 g/mol. The van der Waals surface area contributed by atoms with Crippen LogP contribution in [0.2, 0.25) is 0 Å². The maximum atomic E-state index is 13.3. The van der Waals surface area contributed by atoms with Gasteiger partial charge in [-0.3, -0.25) is 39.1 Å². The number of aryl methyl sites for hydroxylation is 2. The van der Waals surface area contributed by atoms with Gasteiger partial charge in [0.2, 0.25) is 0 Å². The largest absolute Gasteiger partial charge is 0.315 e. The second kappa shape index (κ2) is 11.7.